The van der Waals surface area contributed by atoms with E-state index in [1.807, 2.05) is 53.1 Å². The van der Waals surface area contributed by atoms with Crippen LogP contribution in [-0.4, -0.2) is 16.2 Å². The van der Waals surface area contributed by atoms with Crippen molar-refractivity contribution in [2.45, 2.75) is 130 Å². The summed E-state index contributed by atoms with van der Waals surface area (Å²) in [6, 6.07) is 47.8. The highest BCUT2D eigenvalue weighted by molar-refractivity contribution is 6.09. The first-order valence-electron chi connectivity index (χ1n) is 31.4. The lowest BCUT2D eigenvalue weighted by molar-refractivity contribution is 0.332. The van der Waals surface area contributed by atoms with Crippen molar-refractivity contribution in [3.8, 4) is 50.7 Å². The van der Waals surface area contributed by atoms with Crippen LogP contribution in [0, 0.1) is 0 Å². The van der Waals surface area contributed by atoms with Crippen LogP contribution in [0.2, 0.25) is 0 Å². The number of pyridine rings is 1. The van der Waals surface area contributed by atoms with Crippen LogP contribution in [0.4, 0.5) is 22.7 Å². The van der Waals surface area contributed by atoms with Crippen LogP contribution in [0.5, 0.6) is 11.5 Å². The van der Waals surface area contributed by atoms with Gasteiger partial charge in [0.1, 0.15) is 24.0 Å². The summed E-state index contributed by atoms with van der Waals surface area (Å²) >= 11 is 0. The molecule has 0 bridgehead atoms. The van der Waals surface area contributed by atoms with Gasteiger partial charge in [-0.25, -0.2) is 4.98 Å². The maximum Gasteiger partial charge on any atom is 0.137 e. The quantitative estimate of drug-likeness (QED) is 0.152. The van der Waals surface area contributed by atoms with Crippen LogP contribution in [0.1, 0.15) is 140 Å². The molecular formula is C74H76N4O. The minimum atomic E-state index is -0.399. The summed E-state index contributed by atoms with van der Waals surface area (Å²) in [4.78, 5) is 9.40. The number of para-hydroxylation sites is 3. The fourth-order valence-electron chi connectivity index (χ4n) is 11.7. The summed E-state index contributed by atoms with van der Waals surface area (Å²) in [7, 11) is 0. The van der Waals surface area contributed by atoms with Gasteiger partial charge in [-0.05, 0) is 157 Å². The molecular weight excluding hydrogens is 961 g/mol. The first-order valence-corrected chi connectivity index (χ1v) is 27.9. The largest absolute Gasteiger partial charge is 0.457 e. The lowest BCUT2D eigenvalue weighted by atomic mass is 9.63. The molecule has 0 radical (unpaired) electrons. The van der Waals surface area contributed by atoms with Crippen LogP contribution >= 0.6 is 0 Å². The number of nitrogens with zero attached hydrogens (tertiary/aromatic N) is 4. The average Bonchev–Trinajstić information content (AvgIpc) is 1.14. The number of hydrogen-bond donors (Lipinski definition) is 0. The monoisotopic (exact) mass is 1040 g/mol. The molecule has 398 valence electrons. The van der Waals surface area contributed by atoms with Crippen molar-refractivity contribution >= 4 is 44.6 Å². The molecule has 79 heavy (non-hydrogen) atoms. The van der Waals surface area contributed by atoms with Gasteiger partial charge in [0.15, 0.2) is 0 Å². The van der Waals surface area contributed by atoms with Crippen LogP contribution in [0.3, 0.4) is 0 Å². The van der Waals surface area contributed by atoms with Crippen molar-refractivity contribution in [3.63, 3.8) is 0 Å². The van der Waals surface area contributed by atoms with Crippen LogP contribution in [0.25, 0.3) is 61.0 Å². The summed E-state index contributed by atoms with van der Waals surface area (Å²) in [5.74, 6) is 1.62. The van der Waals surface area contributed by atoms with Gasteiger partial charge in [-0.1, -0.05) is 193 Å². The fraction of sp³-hybridized carbons (Fsp3) is 0.284. The van der Waals surface area contributed by atoms with Crippen LogP contribution in [0.15, 0.2) is 188 Å². The maximum absolute atomic E-state index is 10.4. The molecule has 1 aliphatic heterocycles. The minimum absolute atomic E-state index is 0.0155. The van der Waals surface area contributed by atoms with Gasteiger partial charge in [0.2, 0.25) is 0 Å². The molecule has 0 saturated carbocycles. The summed E-state index contributed by atoms with van der Waals surface area (Å²) in [6.07, 6.45) is 3.47. The molecule has 0 saturated heterocycles. The van der Waals surface area contributed by atoms with Gasteiger partial charge < -0.3 is 14.5 Å². The maximum atomic E-state index is 10.4. The number of anilines is 4. The van der Waals surface area contributed by atoms with E-state index in [0.29, 0.717) is 57.4 Å². The van der Waals surface area contributed by atoms with Gasteiger partial charge in [-0.3, -0.25) is 4.57 Å². The SMILES string of the molecule is [2H]c1c([2H])c2c(c([2H])c1-c1cc(C(C)(C)C)cc(-c3ccc(-c4cccc(C(C)(C)C)c4)cc3)c1N1CN(c3cccc(Oc4ccc5c6c([2H])c([2H])c([2H])c([2H])c6n(-c6cc(C(C)(C)C)ccn6)c5c4)c3)c3ccccc31)C(C)(C)CCC2(C)C. The Morgan fingerprint density at radius 1 is 0.494 bits per heavy atom. The Morgan fingerprint density at radius 3 is 1.85 bits per heavy atom. The molecule has 2 aromatic heterocycles. The van der Waals surface area contributed by atoms with Crippen molar-refractivity contribution in [1.29, 1.82) is 0 Å². The molecule has 0 spiro atoms. The van der Waals surface area contributed by atoms with Crippen molar-refractivity contribution in [2.24, 2.45) is 0 Å². The Balaban J connectivity index is 1.02. The smallest absolute Gasteiger partial charge is 0.137 e. The van der Waals surface area contributed by atoms with E-state index in [2.05, 4.69) is 191 Å². The van der Waals surface area contributed by atoms with E-state index < -0.39 is 5.41 Å². The lowest BCUT2D eigenvalue weighted by Crippen LogP contribution is -2.33. The standard InChI is InChI=1S/C74H76N4O/c1-70(2,3)52-21-18-20-50(40-52)48-28-30-49(31-29-48)60-42-54(72(7,8)9)43-61(51-32-35-62-63(41-51)74(12,13)38-37-73(62,10)11)69(60)77-47-76(65-26-16-17-27-66(65)77)55-22-19-23-56(45-55)79-57-33-34-59-58-24-14-15-25-64(58)78(67(59)46-57)68-44-53(36-39-75-68)71(4,5)6/h14-36,39-46H,37-38,47H2,1-13H3/i14D,15D,24D,25D,32D,35D,41D. The normalized spacial score (nSPS) is 16.4. The van der Waals surface area contributed by atoms with Gasteiger partial charge in [0.25, 0.3) is 0 Å². The zero-order valence-electron chi connectivity index (χ0n) is 55.2. The summed E-state index contributed by atoms with van der Waals surface area (Å²) in [5.41, 5.74) is 13.7. The molecule has 5 nitrogen and oxygen atoms in total. The molecule has 2 aliphatic rings. The second-order valence-electron chi connectivity index (χ2n) is 26.3. The Labute approximate surface area is 479 Å². The molecule has 3 heterocycles. The number of rotatable bonds is 8. The number of fused-ring (bicyclic) bond motifs is 5. The molecule has 0 unspecified atom stereocenters. The third-order valence-electron chi connectivity index (χ3n) is 16.6. The first kappa shape index (κ1) is 44.0. The molecule has 12 rings (SSSR count). The Morgan fingerprint density at radius 2 is 1.13 bits per heavy atom. The minimum Gasteiger partial charge on any atom is -0.457 e. The molecule has 0 atom stereocenters. The highest BCUT2D eigenvalue weighted by Crippen LogP contribution is 2.54. The first-order chi connectivity index (χ1) is 40.4. The highest BCUT2D eigenvalue weighted by atomic mass is 16.5. The van der Waals surface area contributed by atoms with Crippen molar-refractivity contribution in [2.75, 3.05) is 16.5 Å². The fourth-order valence-corrected chi connectivity index (χ4v) is 11.7. The summed E-state index contributed by atoms with van der Waals surface area (Å²) in [5, 5.41) is 1.06. The van der Waals surface area contributed by atoms with Gasteiger partial charge >= 0.3 is 0 Å². The second kappa shape index (κ2) is 18.9. The van der Waals surface area contributed by atoms with Crippen molar-refractivity contribution in [3.05, 3.63) is 216 Å². The van der Waals surface area contributed by atoms with Gasteiger partial charge in [0.05, 0.1) is 37.7 Å². The van der Waals surface area contributed by atoms with Crippen LogP contribution in [-0.2, 0) is 27.1 Å². The zero-order chi connectivity index (χ0) is 61.5. The third kappa shape index (κ3) is 9.49. The molecule has 0 fully saturated rings. The third-order valence-corrected chi connectivity index (χ3v) is 16.6. The predicted octanol–water partition coefficient (Wildman–Crippen LogP) is 20.5. The zero-order valence-corrected chi connectivity index (χ0v) is 48.2. The van der Waals surface area contributed by atoms with Gasteiger partial charge in [-0.2, -0.15) is 0 Å². The molecule has 0 N–H and O–H groups in total. The van der Waals surface area contributed by atoms with Gasteiger partial charge in [0, 0.05) is 45.9 Å². The Kier molecular flexibility index (Phi) is 10.5. The Hall–Kier alpha value is -7.89. The van der Waals surface area contributed by atoms with E-state index >= 15 is 0 Å². The van der Waals surface area contributed by atoms with E-state index in [4.69, 9.17) is 13.8 Å². The van der Waals surface area contributed by atoms with E-state index in [9.17, 15) is 5.48 Å². The van der Waals surface area contributed by atoms with E-state index in [0.717, 1.165) is 85.7 Å². The summed E-state index contributed by atoms with van der Waals surface area (Å²) < 4.78 is 74.8. The van der Waals surface area contributed by atoms with E-state index in [1.54, 1.807) is 6.20 Å². The van der Waals surface area contributed by atoms with Crippen LogP contribution < -0.4 is 14.5 Å². The number of hydrogen-bond acceptors (Lipinski definition) is 4. The molecule has 0 amide bonds. The second-order valence-corrected chi connectivity index (χ2v) is 26.3. The highest BCUT2D eigenvalue weighted by Gasteiger charge is 2.38. The molecule has 5 heteroatoms. The molecule has 10 aromatic rings. The molecule has 1 aliphatic carbocycles. The van der Waals surface area contributed by atoms with Crippen molar-refractivity contribution in [1.82, 2.24) is 9.55 Å². The van der Waals surface area contributed by atoms with E-state index in [1.165, 1.54) is 5.56 Å². The van der Waals surface area contributed by atoms with Gasteiger partial charge in [-0.15, -0.1) is 0 Å². The summed E-state index contributed by atoms with van der Waals surface area (Å²) in [6.45, 7) is 28.8. The Bertz CT molecular complexity index is 4400. The number of ether oxygens (including phenoxy) is 1. The topological polar surface area (TPSA) is 33.5 Å². The predicted molar refractivity (Wildman–Crippen MR) is 335 cm³/mol. The van der Waals surface area contributed by atoms with E-state index in [-0.39, 0.29) is 57.9 Å². The lowest BCUT2D eigenvalue weighted by Gasteiger charge is -2.42. The van der Waals surface area contributed by atoms with Crippen molar-refractivity contribution < 1.29 is 14.3 Å². The molecule has 8 aromatic carbocycles. The average molecular weight is 1040 g/mol. The number of benzene rings is 8. The number of aromatic nitrogens is 2.